The summed E-state index contributed by atoms with van der Waals surface area (Å²) >= 11 is 0. The Morgan fingerprint density at radius 1 is 1.52 bits per heavy atom. The van der Waals surface area contributed by atoms with Crippen LogP contribution in [0.3, 0.4) is 0 Å². The average molecular weight is 296 g/mol. The molecule has 0 heterocycles. The van der Waals surface area contributed by atoms with E-state index < -0.39 is 4.92 Å². The number of nitro benzene ring substituents is 1. The van der Waals surface area contributed by atoms with E-state index in [4.69, 9.17) is 15.7 Å². The van der Waals surface area contributed by atoms with E-state index in [0.717, 1.165) is 0 Å². The molecule has 8 nitrogen and oxygen atoms in total. The molecule has 116 valence electrons. The Morgan fingerprint density at radius 3 is 2.62 bits per heavy atom. The summed E-state index contributed by atoms with van der Waals surface area (Å²) in [6, 6.07) is 4.16. The Balaban J connectivity index is 3.06. The molecule has 0 atom stereocenters. The molecule has 1 aromatic carbocycles. The normalized spacial score (nSPS) is 12.5. The van der Waals surface area contributed by atoms with E-state index in [0.29, 0.717) is 0 Å². The quantitative estimate of drug-likeness (QED) is 0.270. The van der Waals surface area contributed by atoms with Crippen molar-refractivity contribution in [2.75, 3.05) is 20.7 Å². The molecule has 21 heavy (non-hydrogen) atoms. The van der Waals surface area contributed by atoms with Gasteiger partial charge < -0.3 is 20.6 Å². The van der Waals surface area contributed by atoms with Gasteiger partial charge in [0.05, 0.1) is 4.92 Å². The zero-order valence-corrected chi connectivity index (χ0v) is 12.5. The van der Waals surface area contributed by atoms with Crippen LogP contribution in [0, 0.1) is 10.1 Å². The van der Waals surface area contributed by atoms with Gasteiger partial charge in [0.1, 0.15) is 6.61 Å². The van der Waals surface area contributed by atoms with Crippen LogP contribution in [-0.2, 0) is 0 Å². The molecule has 0 fully saturated rings. The lowest BCUT2D eigenvalue weighted by molar-refractivity contribution is -0.386. The van der Waals surface area contributed by atoms with Crippen LogP contribution in [0.5, 0.6) is 5.75 Å². The molecular weight excluding hydrogens is 276 g/mol. The Bertz CT molecular complexity index is 555. The first kappa shape index (κ1) is 16.7. The van der Waals surface area contributed by atoms with Gasteiger partial charge in [-0.25, -0.2) is 0 Å². The van der Waals surface area contributed by atoms with Gasteiger partial charge in [0.25, 0.3) is 0 Å². The zero-order valence-electron chi connectivity index (χ0n) is 12.5. The summed E-state index contributed by atoms with van der Waals surface area (Å²) in [4.78, 5) is 12.5. The SMILES string of the molecule is CN(C)C(C)(C)COc1ccc(C(N)=NO)cc1[N+](=O)[O-]. The second-order valence-corrected chi connectivity index (χ2v) is 5.42. The van der Waals surface area contributed by atoms with E-state index in [-0.39, 0.29) is 35.0 Å². The minimum absolute atomic E-state index is 0.143. The number of hydrogen-bond donors (Lipinski definition) is 2. The highest BCUT2D eigenvalue weighted by Gasteiger charge is 2.24. The summed E-state index contributed by atoms with van der Waals surface area (Å²) < 4.78 is 5.57. The number of likely N-dealkylation sites (N-methyl/N-ethyl adjacent to an activating group) is 1. The highest BCUT2D eigenvalue weighted by molar-refractivity contribution is 5.97. The minimum atomic E-state index is -0.563. The van der Waals surface area contributed by atoms with Gasteiger partial charge in [0.2, 0.25) is 0 Å². The van der Waals surface area contributed by atoms with Crippen molar-refractivity contribution in [2.24, 2.45) is 10.9 Å². The molecule has 3 N–H and O–H groups in total. The third-order valence-corrected chi connectivity index (χ3v) is 3.35. The maximum Gasteiger partial charge on any atom is 0.311 e. The Morgan fingerprint density at radius 2 is 2.14 bits per heavy atom. The summed E-state index contributed by atoms with van der Waals surface area (Å²) in [6.45, 7) is 4.21. The fourth-order valence-electron chi connectivity index (χ4n) is 1.38. The molecule has 8 heteroatoms. The molecule has 0 aliphatic heterocycles. The molecule has 1 rings (SSSR count). The van der Waals surface area contributed by atoms with Gasteiger partial charge in [0.15, 0.2) is 11.6 Å². The fraction of sp³-hybridized carbons (Fsp3) is 0.462. The summed E-state index contributed by atoms with van der Waals surface area (Å²) in [5.41, 5.74) is 5.17. The van der Waals surface area contributed by atoms with E-state index in [1.54, 1.807) is 0 Å². The first-order valence-electron chi connectivity index (χ1n) is 6.25. The Kier molecular flexibility index (Phi) is 5.09. The largest absolute Gasteiger partial charge is 0.485 e. The van der Waals surface area contributed by atoms with Gasteiger partial charge in [-0.2, -0.15) is 0 Å². The number of benzene rings is 1. The highest BCUT2D eigenvalue weighted by atomic mass is 16.6. The van der Waals surface area contributed by atoms with Crippen molar-refractivity contribution in [1.82, 2.24) is 4.90 Å². The Hall–Kier alpha value is -2.35. The lowest BCUT2D eigenvalue weighted by atomic mass is 10.1. The van der Waals surface area contributed by atoms with Crippen molar-refractivity contribution in [3.8, 4) is 5.75 Å². The van der Waals surface area contributed by atoms with Crippen LogP contribution in [-0.4, -0.2) is 47.1 Å². The maximum atomic E-state index is 11.1. The number of oxime groups is 1. The van der Waals surface area contributed by atoms with Crippen molar-refractivity contribution in [3.05, 3.63) is 33.9 Å². The Labute approximate surface area is 122 Å². The number of nitro groups is 1. The number of rotatable bonds is 6. The molecular formula is C13H20N4O4. The molecule has 0 aliphatic carbocycles. The fourth-order valence-corrected chi connectivity index (χ4v) is 1.38. The van der Waals surface area contributed by atoms with Gasteiger partial charge in [-0.15, -0.1) is 0 Å². The number of nitrogens with two attached hydrogens (primary N) is 1. The van der Waals surface area contributed by atoms with Gasteiger partial charge in [-0.05, 0) is 40.1 Å². The predicted octanol–water partition coefficient (Wildman–Crippen LogP) is 1.41. The summed E-state index contributed by atoms with van der Waals surface area (Å²) in [5, 5.41) is 22.6. The molecule has 0 radical (unpaired) electrons. The van der Waals surface area contributed by atoms with E-state index in [1.165, 1.54) is 18.2 Å². The van der Waals surface area contributed by atoms with Crippen LogP contribution in [0.15, 0.2) is 23.4 Å². The monoisotopic (exact) mass is 296 g/mol. The van der Waals surface area contributed by atoms with Crippen molar-refractivity contribution >= 4 is 11.5 Å². The van der Waals surface area contributed by atoms with E-state index in [1.807, 2.05) is 32.8 Å². The summed E-state index contributed by atoms with van der Waals surface area (Å²) in [5.74, 6) is -0.0531. The van der Waals surface area contributed by atoms with Crippen LogP contribution < -0.4 is 10.5 Å². The summed E-state index contributed by atoms with van der Waals surface area (Å²) in [6.07, 6.45) is 0. The lowest BCUT2D eigenvalue weighted by Gasteiger charge is -2.32. The number of nitrogens with zero attached hydrogens (tertiary/aromatic N) is 3. The predicted molar refractivity (Wildman–Crippen MR) is 78.9 cm³/mol. The van der Waals surface area contributed by atoms with Gasteiger partial charge in [-0.3, -0.25) is 10.1 Å². The van der Waals surface area contributed by atoms with Crippen LogP contribution in [0.4, 0.5) is 5.69 Å². The van der Waals surface area contributed by atoms with E-state index in [9.17, 15) is 10.1 Å². The van der Waals surface area contributed by atoms with Crippen LogP contribution >= 0.6 is 0 Å². The molecule has 0 spiro atoms. The minimum Gasteiger partial charge on any atom is -0.485 e. The van der Waals surface area contributed by atoms with E-state index in [2.05, 4.69) is 5.16 Å². The average Bonchev–Trinajstić information content (AvgIpc) is 2.43. The first-order chi connectivity index (χ1) is 9.69. The molecule has 0 saturated heterocycles. The molecule has 0 aromatic heterocycles. The topological polar surface area (TPSA) is 114 Å². The van der Waals surface area contributed by atoms with Crippen molar-refractivity contribution in [3.63, 3.8) is 0 Å². The van der Waals surface area contributed by atoms with E-state index >= 15 is 0 Å². The maximum absolute atomic E-state index is 11.1. The zero-order chi connectivity index (χ0) is 16.2. The molecule has 0 amide bonds. The molecule has 1 aromatic rings. The van der Waals surface area contributed by atoms with Crippen molar-refractivity contribution < 1.29 is 14.9 Å². The van der Waals surface area contributed by atoms with Gasteiger partial charge in [-0.1, -0.05) is 5.16 Å². The standard InChI is InChI=1S/C13H20N4O4/c1-13(2,16(3)4)8-21-11-6-5-9(12(14)15-18)7-10(11)17(19)20/h5-7,18H,8H2,1-4H3,(H2,14,15). The van der Waals surface area contributed by atoms with Crippen LogP contribution in [0.1, 0.15) is 19.4 Å². The summed E-state index contributed by atoms with van der Waals surface area (Å²) in [7, 11) is 3.80. The molecule has 0 saturated carbocycles. The highest BCUT2D eigenvalue weighted by Crippen LogP contribution is 2.29. The van der Waals surface area contributed by atoms with Crippen LogP contribution in [0.2, 0.25) is 0 Å². The van der Waals surface area contributed by atoms with Gasteiger partial charge in [0, 0.05) is 17.2 Å². The molecule has 0 bridgehead atoms. The van der Waals surface area contributed by atoms with Gasteiger partial charge >= 0.3 is 5.69 Å². The number of amidine groups is 1. The third-order valence-electron chi connectivity index (χ3n) is 3.35. The van der Waals surface area contributed by atoms with Crippen molar-refractivity contribution in [1.29, 1.82) is 0 Å². The number of ether oxygens (including phenoxy) is 1. The van der Waals surface area contributed by atoms with Crippen molar-refractivity contribution in [2.45, 2.75) is 19.4 Å². The lowest BCUT2D eigenvalue weighted by Crippen LogP contribution is -2.43. The smallest absolute Gasteiger partial charge is 0.311 e. The molecule has 0 aliphatic rings. The second kappa shape index (κ2) is 6.40. The second-order valence-electron chi connectivity index (χ2n) is 5.42. The molecule has 0 unspecified atom stereocenters. The third kappa shape index (κ3) is 4.06. The number of hydrogen-bond acceptors (Lipinski definition) is 6. The first-order valence-corrected chi connectivity index (χ1v) is 6.25. The van der Waals surface area contributed by atoms with Crippen LogP contribution in [0.25, 0.3) is 0 Å².